The summed E-state index contributed by atoms with van der Waals surface area (Å²) < 4.78 is 47.6. The lowest BCUT2D eigenvalue weighted by atomic mass is 9.80. The van der Waals surface area contributed by atoms with E-state index in [9.17, 15) is 22.8 Å². The Bertz CT molecular complexity index is 562. The Hall–Kier alpha value is -2.05. The van der Waals surface area contributed by atoms with Crippen LogP contribution in [0.5, 0.6) is 11.5 Å². The molecular weight excluding hydrogens is 289 g/mol. The maximum atomic E-state index is 12.5. The van der Waals surface area contributed by atoms with Crippen molar-refractivity contribution in [1.29, 1.82) is 0 Å². The van der Waals surface area contributed by atoms with Crippen molar-refractivity contribution in [2.75, 3.05) is 14.2 Å². The lowest BCUT2D eigenvalue weighted by molar-refractivity contribution is -0.177. The Labute approximate surface area is 119 Å². The van der Waals surface area contributed by atoms with Crippen molar-refractivity contribution in [2.45, 2.75) is 20.0 Å². The number of methoxy groups -OCH3 is 2. The largest absolute Gasteiger partial charge is 0.493 e. The van der Waals surface area contributed by atoms with Gasteiger partial charge in [0.05, 0.1) is 19.6 Å². The topological polar surface area (TPSA) is 52.6 Å². The predicted octanol–water partition coefficient (Wildman–Crippen LogP) is 3.04. The molecule has 1 aromatic carbocycles. The van der Waals surface area contributed by atoms with Crippen molar-refractivity contribution in [3.05, 3.63) is 23.8 Å². The van der Waals surface area contributed by atoms with Crippen LogP contribution < -0.4 is 9.47 Å². The van der Waals surface area contributed by atoms with Crippen molar-refractivity contribution < 1.29 is 32.2 Å². The number of alkyl halides is 3. The van der Waals surface area contributed by atoms with Gasteiger partial charge in [-0.05, 0) is 32.0 Å². The number of ether oxygens (including phenoxy) is 2. The molecule has 0 saturated carbocycles. The summed E-state index contributed by atoms with van der Waals surface area (Å²) in [5, 5.41) is 0. The molecule has 0 spiro atoms. The number of hydrogen-bond acceptors (Lipinski definition) is 4. The molecule has 0 amide bonds. The molecule has 0 radical (unpaired) electrons. The fourth-order valence-corrected chi connectivity index (χ4v) is 1.80. The highest BCUT2D eigenvalue weighted by molar-refractivity contribution is 6.15. The van der Waals surface area contributed by atoms with Gasteiger partial charge in [-0.15, -0.1) is 0 Å². The van der Waals surface area contributed by atoms with Crippen LogP contribution in [-0.4, -0.2) is 32.0 Å². The van der Waals surface area contributed by atoms with Gasteiger partial charge in [-0.25, -0.2) is 0 Å². The first-order valence-electron chi connectivity index (χ1n) is 5.94. The van der Waals surface area contributed by atoms with E-state index in [-0.39, 0.29) is 11.3 Å². The van der Waals surface area contributed by atoms with E-state index in [2.05, 4.69) is 0 Å². The zero-order valence-electron chi connectivity index (χ0n) is 12.0. The van der Waals surface area contributed by atoms with Gasteiger partial charge in [0.2, 0.25) is 5.78 Å². The first-order valence-corrected chi connectivity index (χ1v) is 5.94. The van der Waals surface area contributed by atoms with Crippen LogP contribution in [-0.2, 0) is 4.79 Å². The van der Waals surface area contributed by atoms with Gasteiger partial charge in [0.25, 0.3) is 0 Å². The molecule has 21 heavy (non-hydrogen) atoms. The first-order chi connectivity index (χ1) is 9.55. The predicted molar refractivity (Wildman–Crippen MR) is 68.7 cm³/mol. The summed E-state index contributed by atoms with van der Waals surface area (Å²) >= 11 is 0. The fraction of sp³-hybridized carbons (Fsp3) is 0.429. The van der Waals surface area contributed by atoms with Crippen LogP contribution in [0.1, 0.15) is 24.2 Å². The minimum absolute atomic E-state index is 0.0600. The first kappa shape index (κ1) is 17.0. The normalized spacial score (nSPS) is 12.0. The van der Waals surface area contributed by atoms with E-state index in [0.29, 0.717) is 5.75 Å². The number of Topliss-reactive ketones (excluding diaryl/α,β-unsaturated/α-hetero) is 2. The van der Waals surface area contributed by atoms with Crippen molar-refractivity contribution in [3.63, 3.8) is 0 Å². The third-order valence-corrected chi connectivity index (χ3v) is 3.04. The highest BCUT2D eigenvalue weighted by Crippen LogP contribution is 2.34. The summed E-state index contributed by atoms with van der Waals surface area (Å²) in [6.45, 7) is 1.89. The van der Waals surface area contributed by atoms with Crippen LogP contribution in [0.25, 0.3) is 0 Å². The van der Waals surface area contributed by atoms with Gasteiger partial charge < -0.3 is 9.47 Å². The molecule has 0 heterocycles. The van der Waals surface area contributed by atoms with Gasteiger partial charge >= 0.3 is 6.18 Å². The van der Waals surface area contributed by atoms with E-state index in [4.69, 9.17) is 9.47 Å². The number of rotatable bonds is 5. The molecule has 0 N–H and O–H groups in total. The second-order valence-electron chi connectivity index (χ2n) is 4.85. The Kier molecular flexibility index (Phi) is 4.65. The summed E-state index contributed by atoms with van der Waals surface area (Å²) in [6.07, 6.45) is -5.07. The quantitative estimate of drug-likeness (QED) is 0.620. The van der Waals surface area contributed by atoms with Gasteiger partial charge in [0.1, 0.15) is 0 Å². The number of carbonyl (C=O) groups excluding carboxylic acids is 2. The molecule has 0 aliphatic heterocycles. The highest BCUT2D eigenvalue weighted by Gasteiger charge is 2.51. The molecule has 0 fully saturated rings. The second kappa shape index (κ2) is 5.75. The summed E-state index contributed by atoms with van der Waals surface area (Å²) in [5.74, 6) is -2.51. The third kappa shape index (κ3) is 3.34. The number of ketones is 2. The van der Waals surface area contributed by atoms with E-state index in [1.54, 1.807) is 0 Å². The average Bonchev–Trinajstić information content (AvgIpc) is 2.43. The van der Waals surface area contributed by atoms with Crippen LogP contribution >= 0.6 is 0 Å². The van der Waals surface area contributed by atoms with Crippen LogP contribution in [0.2, 0.25) is 0 Å². The van der Waals surface area contributed by atoms with E-state index in [0.717, 1.165) is 13.8 Å². The molecule has 116 valence electrons. The Morgan fingerprint density at radius 2 is 1.52 bits per heavy atom. The van der Waals surface area contributed by atoms with E-state index in [1.165, 1.54) is 32.4 Å². The van der Waals surface area contributed by atoms with Gasteiger partial charge in [-0.3, -0.25) is 9.59 Å². The molecule has 0 aliphatic rings. The third-order valence-electron chi connectivity index (χ3n) is 3.04. The van der Waals surface area contributed by atoms with Crippen molar-refractivity contribution >= 4 is 11.6 Å². The van der Waals surface area contributed by atoms with Gasteiger partial charge in [0, 0.05) is 5.56 Å². The molecule has 7 heteroatoms. The standard InChI is InChI=1S/C14H15F3O4/c1-13(2,12(19)14(15,16)17)11(18)8-5-6-9(20-3)10(7-8)21-4/h5-7H,1-4H3. The molecule has 4 nitrogen and oxygen atoms in total. The SMILES string of the molecule is COc1ccc(C(=O)C(C)(C)C(=O)C(F)(F)F)cc1OC. The zero-order chi connectivity index (χ0) is 16.4. The summed E-state index contributed by atoms with van der Waals surface area (Å²) in [7, 11) is 2.72. The van der Waals surface area contributed by atoms with Crippen LogP contribution in [0, 0.1) is 5.41 Å². The van der Waals surface area contributed by atoms with E-state index in [1.807, 2.05) is 0 Å². The minimum atomic E-state index is -5.07. The van der Waals surface area contributed by atoms with Crippen molar-refractivity contribution in [3.8, 4) is 11.5 Å². The molecule has 1 aromatic rings. The Morgan fingerprint density at radius 3 is 1.95 bits per heavy atom. The second-order valence-corrected chi connectivity index (χ2v) is 4.85. The van der Waals surface area contributed by atoms with Crippen LogP contribution in [0.4, 0.5) is 13.2 Å². The number of carbonyl (C=O) groups is 2. The van der Waals surface area contributed by atoms with Gasteiger partial charge in [0.15, 0.2) is 17.3 Å². The fourth-order valence-electron chi connectivity index (χ4n) is 1.80. The maximum absolute atomic E-state index is 12.5. The summed E-state index contributed by atoms with van der Waals surface area (Å²) in [4.78, 5) is 23.6. The average molecular weight is 304 g/mol. The van der Waals surface area contributed by atoms with E-state index >= 15 is 0 Å². The zero-order valence-corrected chi connectivity index (χ0v) is 12.0. The summed E-state index contributed by atoms with van der Waals surface area (Å²) in [6, 6.07) is 3.92. The molecule has 0 aliphatic carbocycles. The van der Waals surface area contributed by atoms with E-state index < -0.39 is 23.2 Å². The smallest absolute Gasteiger partial charge is 0.451 e. The summed E-state index contributed by atoms with van der Waals surface area (Å²) in [5.41, 5.74) is -2.27. The van der Waals surface area contributed by atoms with Gasteiger partial charge in [-0.2, -0.15) is 13.2 Å². The number of hydrogen-bond donors (Lipinski definition) is 0. The molecular formula is C14H15F3O4. The van der Waals surface area contributed by atoms with Crippen LogP contribution in [0.15, 0.2) is 18.2 Å². The van der Waals surface area contributed by atoms with Crippen molar-refractivity contribution in [2.24, 2.45) is 5.41 Å². The highest BCUT2D eigenvalue weighted by atomic mass is 19.4. The van der Waals surface area contributed by atoms with Gasteiger partial charge in [-0.1, -0.05) is 0 Å². The molecule has 0 aromatic heterocycles. The molecule has 1 rings (SSSR count). The Morgan fingerprint density at radius 1 is 1.00 bits per heavy atom. The number of benzene rings is 1. The molecule has 0 atom stereocenters. The lowest BCUT2D eigenvalue weighted by Gasteiger charge is -2.23. The Balaban J connectivity index is 3.22. The van der Waals surface area contributed by atoms with Crippen LogP contribution in [0.3, 0.4) is 0 Å². The maximum Gasteiger partial charge on any atom is 0.451 e. The molecule has 0 bridgehead atoms. The monoisotopic (exact) mass is 304 g/mol. The number of halogens is 3. The lowest BCUT2D eigenvalue weighted by Crippen LogP contribution is -2.42. The molecule has 0 saturated heterocycles. The van der Waals surface area contributed by atoms with Crippen molar-refractivity contribution in [1.82, 2.24) is 0 Å². The minimum Gasteiger partial charge on any atom is -0.493 e. The molecule has 0 unspecified atom stereocenters.